The molecule has 0 amide bonds. The Morgan fingerprint density at radius 2 is 1.44 bits per heavy atom. The van der Waals surface area contributed by atoms with Crippen molar-refractivity contribution in [2.24, 2.45) is 5.92 Å². The molecule has 0 aliphatic heterocycles. The van der Waals surface area contributed by atoms with Crippen LogP contribution in [0.15, 0.2) is 100 Å². The van der Waals surface area contributed by atoms with Crippen LogP contribution < -0.4 is 9.47 Å². The van der Waals surface area contributed by atoms with E-state index < -0.39 is 32.3 Å². The molecule has 1 aliphatic rings. The SMILES string of the molecule is COc1ccc(CN(Cc2ccc(OC)cc2)S(=O)(=O)c2c(F)cc(C(=O)c3c(-c4cccc(Br)c4)c[nH]c3CC3CC3)cc2F)cc1. The van der Waals surface area contributed by atoms with Gasteiger partial charge in [0, 0.05) is 40.6 Å². The van der Waals surface area contributed by atoms with E-state index in [1.807, 2.05) is 24.3 Å². The molecule has 5 aromatic rings. The maximum atomic E-state index is 16.0. The largest absolute Gasteiger partial charge is 0.497 e. The molecule has 248 valence electrons. The number of benzene rings is 4. The van der Waals surface area contributed by atoms with Crippen molar-refractivity contribution in [3.63, 3.8) is 0 Å². The first-order chi connectivity index (χ1) is 23.1. The predicted molar refractivity (Wildman–Crippen MR) is 183 cm³/mol. The van der Waals surface area contributed by atoms with Gasteiger partial charge in [-0.05, 0) is 90.4 Å². The van der Waals surface area contributed by atoms with Gasteiger partial charge in [0.05, 0.1) is 19.8 Å². The highest BCUT2D eigenvalue weighted by Gasteiger charge is 2.34. The zero-order valence-electron chi connectivity index (χ0n) is 26.3. The molecule has 48 heavy (non-hydrogen) atoms. The summed E-state index contributed by atoms with van der Waals surface area (Å²) in [4.78, 5) is 16.1. The van der Waals surface area contributed by atoms with Gasteiger partial charge in [-0.15, -0.1) is 0 Å². The Hall–Kier alpha value is -4.32. The summed E-state index contributed by atoms with van der Waals surface area (Å²) in [5.41, 5.74) is 3.22. The van der Waals surface area contributed by atoms with E-state index in [-0.39, 0.29) is 18.7 Å². The average Bonchev–Trinajstić information content (AvgIpc) is 3.80. The van der Waals surface area contributed by atoms with Crippen LogP contribution in [-0.4, -0.2) is 37.7 Å². The molecule has 0 saturated heterocycles. The fourth-order valence-electron chi connectivity index (χ4n) is 5.69. The number of ketones is 1. The first-order valence-electron chi connectivity index (χ1n) is 15.3. The van der Waals surface area contributed by atoms with Crippen molar-refractivity contribution < 1.29 is 31.5 Å². The Bertz CT molecular complexity index is 1990. The summed E-state index contributed by atoms with van der Waals surface area (Å²) in [6.45, 7) is -0.358. The molecule has 4 aromatic carbocycles. The van der Waals surface area contributed by atoms with Crippen molar-refractivity contribution in [1.29, 1.82) is 0 Å². The number of sulfonamides is 1. The molecule has 1 aromatic heterocycles. The number of H-pyrrole nitrogens is 1. The zero-order valence-corrected chi connectivity index (χ0v) is 28.7. The minimum absolute atomic E-state index is 0.179. The van der Waals surface area contributed by atoms with Crippen LogP contribution in [-0.2, 0) is 29.5 Å². The molecule has 0 spiro atoms. The van der Waals surface area contributed by atoms with Gasteiger partial charge >= 0.3 is 0 Å². The van der Waals surface area contributed by atoms with Gasteiger partial charge in [0.2, 0.25) is 10.0 Å². The van der Waals surface area contributed by atoms with Gasteiger partial charge in [-0.2, -0.15) is 4.31 Å². The lowest BCUT2D eigenvalue weighted by molar-refractivity contribution is 0.103. The van der Waals surface area contributed by atoms with Crippen molar-refractivity contribution >= 4 is 31.7 Å². The van der Waals surface area contributed by atoms with Crippen molar-refractivity contribution in [1.82, 2.24) is 9.29 Å². The molecule has 11 heteroatoms. The Morgan fingerprint density at radius 1 is 0.875 bits per heavy atom. The first kappa shape index (κ1) is 33.6. The summed E-state index contributed by atoms with van der Waals surface area (Å²) < 4.78 is 72.4. The molecule has 1 saturated carbocycles. The van der Waals surface area contributed by atoms with E-state index in [0.717, 1.165) is 39.3 Å². The van der Waals surface area contributed by atoms with E-state index in [0.29, 0.717) is 51.8 Å². The standard InChI is InChI=1S/C37H33BrF2N2O5S/c1-46-29-12-8-24(9-13-29)21-42(22-25-10-14-30(47-2)15-11-25)48(44,45)37-32(39)18-27(19-33(37)40)36(43)35-31(26-4-3-5-28(38)17-26)20-41-34(35)16-23-6-7-23/h3-5,8-15,17-20,23,41H,6-7,16,21-22H2,1-2H3. The topological polar surface area (TPSA) is 88.7 Å². The lowest BCUT2D eigenvalue weighted by Crippen LogP contribution is -2.31. The van der Waals surface area contributed by atoms with E-state index in [1.165, 1.54) is 14.2 Å². The maximum Gasteiger partial charge on any atom is 0.249 e. The first-order valence-corrected chi connectivity index (χ1v) is 17.6. The molecule has 7 nitrogen and oxygen atoms in total. The molecule has 0 unspecified atom stereocenters. The number of aromatic nitrogens is 1. The monoisotopic (exact) mass is 734 g/mol. The van der Waals surface area contributed by atoms with E-state index in [1.54, 1.807) is 54.7 Å². The van der Waals surface area contributed by atoms with Gasteiger partial charge in [0.15, 0.2) is 10.7 Å². The van der Waals surface area contributed by atoms with Crippen LogP contribution in [0, 0.1) is 17.6 Å². The minimum Gasteiger partial charge on any atom is -0.497 e. The number of methoxy groups -OCH3 is 2. The number of hydrogen-bond donors (Lipinski definition) is 1. The Balaban J connectivity index is 1.38. The van der Waals surface area contributed by atoms with Crippen LogP contribution in [0.2, 0.25) is 0 Å². The molecule has 1 fully saturated rings. The average molecular weight is 736 g/mol. The fourth-order valence-corrected chi connectivity index (χ4v) is 7.59. The van der Waals surface area contributed by atoms with Crippen LogP contribution in [0.4, 0.5) is 8.78 Å². The van der Waals surface area contributed by atoms with Crippen LogP contribution in [0.3, 0.4) is 0 Å². The number of carbonyl (C=O) groups excluding carboxylic acids is 1. The Morgan fingerprint density at radius 3 is 1.94 bits per heavy atom. The molecular formula is C37H33BrF2N2O5S. The van der Waals surface area contributed by atoms with Crippen LogP contribution in [0.5, 0.6) is 11.5 Å². The molecule has 0 atom stereocenters. The molecule has 0 radical (unpaired) electrons. The molecule has 1 aliphatic carbocycles. The van der Waals surface area contributed by atoms with Gasteiger partial charge in [0.1, 0.15) is 23.1 Å². The maximum absolute atomic E-state index is 16.0. The third kappa shape index (κ3) is 7.23. The highest BCUT2D eigenvalue weighted by Crippen LogP contribution is 2.37. The summed E-state index contributed by atoms with van der Waals surface area (Å²) in [5.74, 6) is -1.73. The molecular weight excluding hydrogens is 702 g/mol. The van der Waals surface area contributed by atoms with Gasteiger partial charge in [-0.3, -0.25) is 4.79 Å². The Kier molecular flexibility index (Phi) is 9.82. The fraction of sp³-hybridized carbons (Fsp3) is 0.216. The second kappa shape index (κ2) is 14.0. The number of aromatic amines is 1. The third-order valence-corrected chi connectivity index (χ3v) is 10.7. The van der Waals surface area contributed by atoms with Crippen molar-refractivity contribution in [2.75, 3.05) is 14.2 Å². The summed E-state index contributed by atoms with van der Waals surface area (Å²) >= 11 is 3.47. The molecule has 0 bridgehead atoms. The number of halogens is 3. The third-order valence-electron chi connectivity index (χ3n) is 8.41. The van der Waals surface area contributed by atoms with Gasteiger partial charge in [-0.25, -0.2) is 17.2 Å². The number of ether oxygens (including phenoxy) is 2. The van der Waals surface area contributed by atoms with E-state index >= 15 is 8.78 Å². The normalized spacial score (nSPS) is 13.1. The predicted octanol–water partition coefficient (Wildman–Crippen LogP) is 8.31. The minimum atomic E-state index is -4.76. The summed E-state index contributed by atoms with van der Waals surface area (Å²) in [5, 5.41) is 0. The second-order valence-electron chi connectivity index (χ2n) is 11.8. The summed E-state index contributed by atoms with van der Waals surface area (Å²) in [6.07, 6.45) is 4.43. The van der Waals surface area contributed by atoms with E-state index in [4.69, 9.17) is 9.47 Å². The highest BCUT2D eigenvalue weighted by atomic mass is 79.9. The van der Waals surface area contributed by atoms with Gasteiger partial charge < -0.3 is 14.5 Å². The lowest BCUT2D eigenvalue weighted by Gasteiger charge is -2.23. The zero-order chi connectivity index (χ0) is 34.0. The number of nitrogens with zero attached hydrogens (tertiary/aromatic N) is 1. The number of nitrogens with one attached hydrogen (secondary N) is 1. The quantitative estimate of drug-likeness (QED) is 0.123. The smallest absolute Gasteiger partial charge is 0.249 e. The van der Waals surface area contributed by atoms with Crippen LogP contribution >= 0.6 is 15.9 Å². The Labute approximate surface area is 286 Å². The summed E-state index contributed by atoms with van der Waals surface area (Å²) in [6, 6.07) is 22.5. The highest BCUT2D eigenvalue weighted by molar-refractivity contribution is 9.10. The van der Waals surface area contributed by atoms with Gasteiger partial charge in [0.25, 0.3) is 0 Å². The van der Waals surface area contributed by atoms with E-state index in [2.05, 4.69) is 20.9 Å². The number of rotatable bonds is 13. The molecule has 1 N–H and O–H groups in total. The lowest BCUT2D eigenvalue weighted by atomic mass is 9.94. The molecule has 1 heterocycles. The van der Waals surface area contributed by atoms with Crippen LogP contribution in [0.1, 0.15) is 45.6 Å². The van der Waals surface area contributed by atoms with Crippen molar-refractivity contribution in [3.8, 4) is 22.6 Å². The number of carbonyl (C=O) groups is 1. The van der Waals surface area contributed by atoms with Crippen LogP contribution in [0.25, 0.3) is 11.1 Å². The number of hydrogen-bond acceptors (Lipinski definition) is 5. The van der Waals surface area contributed by atoms with Gasteiger partial charge in [-0.1, -0.05) is 52.3 Å². The summed E-state index contributed by atoms with van der Waals surface area (Å²) in [7, 11) is -1.73. The second-order valence-corrected chi connectivity index (χ2v) is 14.6. The molecule has 6 rings (SSSR count). The van der Waals surface area contributed by atoms with E-state index in [9.17, 15) is 13.2 Å². The van der Waals surface area contributed by atoms with Crippen molar-refractivity contribution in [3.05, 3.63) is 135 Å². The van der Waals surface area contributed by atoms with Crippen molar-refractivity contribution in [2.45, 2.75) is 37.2 Å².